The van der Waals surface area contributed by atoms with Crippen molar-refractivity contribution in [3.63, 3.8) is 0 Å². The third-order valence-corrected chi connectivity index (χ3v) is 3.79. The van der Waals surface area contributed by atoms with E-state index in [1.165, 1.54) is 13.2 Å². The fraction of sp³-hybridized carbons (Fsp3) is 0.200. The van der Waals surface area contributed by atoms with Gasteiger partial charge in [0, 0.05) is 17.7 Å². The molecule has 5 heteroatoms. The number of benzene rings is 2. The van der Waals surface area contributed by atoms with Crippen molar-refractivity contribution in [3.8, 4) is 5.75 Å². The molecule has 0 heterocycles. The molecule has 0 aliphatic rings. The summed E-state index contributed by atoms with van der Waals surface area (Å²) < 4.78 is 18.9. The predicted octanol–water partition coefficient (Wildman–Crippen LogP) is 4.38. The zero-order valence-electron chi connectivity index (χ0n) is 10.9. The highest BCUT2D eigenvalue weighted by Crippen LogP contribution is 2.26. The van der Waals surface area contributed by atoms with Gasteiger partial charge in [-0.1, -0.05) is 35.3 Å². The van der Waals surface area contributed by atoms with E-state index in [-0.39, 0.29) is 5.82 Å². The molecule has 2 aromatic carbocycles. The Morgan fingerprint density at radius 2 is 1.90 bits per heavy atom. The molecule has 2 rings (SSSR count). The number of halogens is 3. The van der Waals surface area contributed by atoms with E-state index in [1.807, 2.05) is 6.07 Å². The van der Waals surface area contributed by atoms with E-state index < -0.39 is 6.04 Å². The summed E-state index contributed by atoms with van der Waals surface area (Å²) in [7, 11) is 1.49. The van der Waals surface area contributed by atoms with Gasteiger partial charge >= 0.3 is 0 Å². The van der Waals surface area contributed by atoms with E-state index >= 15 is 0 Å². The number of ether oxygens (including phenoxy) is 1. The zero-order chi connectivity index (χ0) is 14.7. The Hall–Kier alpha value is -1.29. The van der Waals surface area contributed by atoms with Crippen LogP contribution in [0.3, 0.4) is 0 Å². The van der Waals surface area contributed by atoms with Gasteiger partial charge in [-0.2, -0.15) is 0 Å². The van der Waals surface area contributed by atoms with Crippen molar-refractivity contribution >= 4 is 23.2 Å². The number of rotatable bonds is 4. The van der Waals surface area contributed by atoms with Gasteiger partial charge in [0.15, 0.2) is 0 Å². The lowest BCUT2D eigenvalue weighted by atomic mass is 9.99. The van der Waals surface area contributed by atoms with E-state index in [4.69, 9.17) is 33.7 Å². The SMILES string of the molecule is COc1ccc(C(N)Cc2ccc(Cl)c(Cl)c2)c(F)c1. The van der Waals surface area contributed by atoms with E-state index in [9.17, 15) is 4.39 Å². The molecule has 0 aliphatic heterocycles. The molecule has 2 N–H and O–H groups in total. The largest absolute Gasteiger partial charge is 0.497 e. The van der Waals surface area contributed by atoms with Crippen LogP contribution in [0.2, 0.25) is 10.0 Å². The lowest BCUT2D eigenvalue weighted by Gasteiger charge is -2.14. The Labute approximate surface area is 127 Å². The summed E-state index contributed by atoms with van der Waals surface area (Å²) in [6.07, 6.45) is 0.472. The smallest absolute Gasteiger partial charge is 0.131 e. The summed E-state index contributed by atoms with van der Waals surface area (Å²) >= 11 is 11.8. The molecule has 1 unspecified atom stereocenters. The van der Waals surface area contributed by atoms with E-state index in [0.717, 1.165) is 5.56 Å². The lowest BCUT2D eigenvalue weighted by molar-refractivity contribution is 0.410. The van der Waals surface area contributed by atoms with Crippen molar-refractivity contribution in [2.75, 3.05) is 7.11 Å². The maximum Gasteiger partial charge on any atom is 0.131 e. The highest BCUT2D eigenvalue weighted by molar-refractivity contribution is 6.42. The standard InChI is InChI=1S/C15H14Cl2FNO/c1-20-10-3-4-11(14(18)8-10)15(19)7-9-2-5-12(16)13(17)6-9/h2-6,8,15H,7,19H2,1H3. The van der Waals surface area contributed by atoms with Crippen LogP contribution in [0, 0.1) is 5.82 Å². The third-order valence-electron chi connectivity index (χ3n) is 3.05. The van der Waals surface area contributed by atoms with Crippen LogP contribution in [0.4, 0.5) is 4.39 Å². The molecule has 0 radical (unpaired) electrons. The predicted molar refractivity (Wildman–Crippen MR) is 80.0 cm³/mol. The summed E-state index contributed by atoms with van der Waals surface area (Å²) in [5, 5.41) is 0.950. The molecule has 0 saturated carbocycles. The highest BCUT2D eigenvalue weighted by Gasteiger charge is 2.13. The van der Waals surface area contributed by atoms with Gasteiger partial charge in [-0.3, -0.25) is 0 Å². The summed E-state index contributed by atoms with van der Waals surface area (Å²) in [5.74, 6) is 0.0879. The Morgan fingerprint density at radius 1 is 1.15 bits per heavy atom. The lowest BCUT2D eigenvalue weighted by Crippen LogP contribution is -2.15. The minimum atomic E-state index is -0.460. The van der Waals surface area contributed by atoms with Gasteiger partial charge in [-0.25, -0.2) is 4.39 Å². The second kappa shape index (κ2) is 6.44. The number of hydrogen-bond acceptors (Lipinski definition) is 2. The van der Waals surface area contributed by atoms with Gasteiger partial charge in [0.05, 0.1) is 17.2 Å². The molecular formula is C15H14Cl2FNO. The van der Waals surface area contributed by atoms with Crippen molar-refractivity contribution < 1.29 is 9.13 Å². The average molecular weight is 314 g/mol. The zero-order valence-corrected chi connectivity index (χ0v) is 12.4. The van der Waals surface area contributed by atoms with Crippen LogP contribution in [0.5, 0.6) is 5.75 Å². The molecular weight excluding hydrogens is 300 g/mol. The molecule has 0 aliphatic carbocycles. The molecule has 2 nitrogen and oxygen atoms in total. The maximum atomic E-state index is 13.9. The minimum absolute atomic E-state index is 0.378. The molecule has 106 valence electrons. The Kier molecular flexibility index (Phi) is 4.86. The highest BCUT2D eigenvalue weighted by atomic mass is 35.5. The summed E-state index contributed by atoms with van der Waals surface area (Å²) in [5.41, 5.74) is 7.40. The van der Waals surface area contributed by atoms with E-state index in [0.29, 0.717) is 27.8 Å². The molecule has 2 aromatic rings. The quantitative estimate of drug-likeness (QED) is 0.909. The van der Waals surface area contributed by atoms with Gasteiger partial charge in [0.1, 0.15) is 11.6 Å². The Balaban J connectivity index is 2.19. The fourth-order valence-electron chi connectivity index (χ4n) is 1.97. The second-order valence-corrected chi connectivity index (χ2v) is 5.26. The van der Waals surface area contributed by atoms with E-state index in [1.54, 1.807) is 24.3 Å². The number of methoxy groups -OCH3 is 1. The molecule has 1 atom stereocenters. The first-order valence-electron chi connectivity index (χ1n) is 6.04. The summed E-state index contributed by atoms with van der Waals surface area (Å²) in [6.45, 7) is 0. The van der Waals surface area contributed by atoms with Crippen molar-refractivity contribution in [2.24, 2.45) is 5.73 Å². The normalized spacial score (nSPS) is 12.2. The summed E-state index contributed by atoms with van der Waals surface area (Å²) in [4.78, 5) is 0. The Morgan fingerprint density at radius 3 is 2.50 bits per heavy atom. The first-order valence-corrected chi connectivity index (χ1v) is 6.80. The summed E-state index contributed by atoms with van der Waals surface area (Å²) in [6, 6.07) is 9.46. The topological polar surface area (TPSA) is 35.2 Å². The molecule has 0 fully saturated rings. The second-order valence-electron chi connectivity index (χ2n) is 4.45. The molecule has 0 aromatic heterocycles. The minimum Gasteiger partial charge on any atom is -0.497 e. The first kappa shape index (κ1) is 15.1. The van der Waals surface area contributed by atoms with Gasteiger partial charge in [0.25, 0.3) is 0 Å². The van der Waals surface area contributed by atoms with Gasteiger partial charge in [0.2, 0.25) is 0 Å². The van der Waals surface area contributed by atoms with Crippen LogP contribution in [-0.2, 0) is 6.42 Å². The van der Waals surface area contributed by atoms with Crippen LogP contribution < -0.4 is 10.5 Å². The van der Waals surface area contributed by atoms with Crippen molar-refractivity contribution in [1.82, 2.24) is 0 Å². The van der Waals surface area contributed by atoms with Crippen LogP contribution in [-0.4, -0.2) is 7.11 Å². The molecule has 20 heavy (non-hydrogen) atoms. The van der Waals surface area contributed by atoms with Crippen LogP contribution >= 0.6 is 23.2 Å². The molecule has 0 spiro atoms. The van der Waals surface area contributed by atoms with Crippen molar-refractivity contribution in [2.45, 2.75) is 12.5 Å². The third kappa shape index (κ3) is 3.42. The van der Waals surface area contributed by atoms with Gasteiger partial charge in [-0.05, 0) is 30.2 Å². The monoisotopic (exact) mass is 313 g/mol. The van der Waals surface area contributed by atoms with E-state index in [2.05, 4.69) is 0 Å². The van der Waals surface area contributed by atoms with Crippen LogP contribution in [0.15, 0.2) is 36.4 Å². The van der Waals surface area contributed by atoms with Crippen LogP contribution in [0.25, 0.3) is 0 Å². The van der Waals surface area contributed by atoms with Crippen LogP contribution in [0.1, 0.15) is 17.2 Å². The number of hydrogen-bond donors (Lipinski definition) is 1. The molecule has 0 saturated heterocycles. The average Bonchev–Trinajstić information content (AvgIpc) is 2.42. The Bertz CT molecular complexity index is 619. The fourth-order valence-corrected chi connectivity index (χ4v) is 2.29. The molecule has 0 amide bonds. The van der Waals surface area contributed by atoms with Gasteiger partial charge < -0.3 is 10.5 Å². The first-order chi connectivity index (χ1) is 9.51. The van der Waals surface area contributed by atoms with Gasteiger partial charge in [-0.15, -0.1) is 0 Å². The maximum absolute atomic E-state index is 13.9. The van der Waals surface area contributed by atoms with Crippen molar-refractivity contribution in [3.05, 3.63) is 63.4 Å². The van der Waals surface area contributed by atoms with Crippen molar-refractivity contribution in [1.29, 1.82) is 0 Å². The molecule has 0 bridgehead atoms. The number of nitrogens with two attached hydrogens (primary N) is 1.